The van der Waals surface area contributed by atoms with E-state index in [-0.39, 0.29) is 0 Å². The molecule has 1 aliphatic rings. The normalized spacial score (nSPS) is 18.7. The van der Waals surface area contributed by atoms with E-state index in [1.807, 2.05) is 13.0 Å². The first-order valence-electron chi connectivity index (χ1n) is 7.11. The number of aryl methyl sites for hydroxylation is 1. The van der Waals surface area contributed by atoms with Crippen LogP contribution in [-0.4, -0.2) is 34.3 Å². The first-order chi connectivity index (χ1) is 9.11. The second-order valence-electron chi connectivity index (χ2n) is 5.46. The van der Waals surface area contributed by atoms with E-state index in [0.29, 0.717) is 12.5 Å². The van der Waals surface area contributed by atoms with Crippen LogP contribution >= 0.6 is 0 Å². The Morgan fingerprint density at radius 2 is 1.89 bits per heavy atom. The molecule has 1 saturated carbocycles. The average molecular weight is 264 g/mol. The molecule has 0 atom stereocenters. The molecule has 5 heteroatoms. The Hall–Kier alpha value is -1.36. The number of anilines is 2. The summed E-state index contributed by atoms with van der Waals surface area (Å²) >= 11 is 0. The maximum Gasteiger partial charge on any atom is 0.224 e. The molecular weight excluding hydrogens is 240 g/mol. The molecule has 0 radical (unpaired) electrons. The Balaban J connectivity index is 1.99. The largest absolute Gasteiger partial charge is 0.388 e. The van der Waals surface area contributed by atoms with E-state index in [2.05, 4.69) is 20.6 Å². The van der Waals surface area contributed by atoms with Crippen molar-refractivity contribution >= 4 is 11.8 Å². The number of hydrogen-bond acceptors (Lipinski definition) is 5. The van der Waals surface area contributed by atoms with Crippen LogP contribution in [0.5, 0.6) is 0 Å². The number of rotatable bonds is 4. The van der Waals surface area contributed by atoms with E-state index in [4.69, 9.17) is 0 Å². The summed E-state index contributed by atoms with van der Waals surface area (Å²) in [7, 11) is 1.80. The van der Waals surface area contributed by atoms with Crippen molar-refractivity contribution in [2.75, 3.05) is 24.2 Å². The maximum atomic E-state index is 10.6. The highest BCUT2D eigenvalue weighted by atomic mass is 16.3. The minimum atomic E-state index is -0.588. The molecular formula is C14H24N4O. The molecule has 1 aromatic rings. The molecule has 3 N–H and O–H groups in total. The lowest BCUT2D eigenvalue weighted by molar-refractivity contribution is 0.0380. The molecule has 0 aliphatic heterocycles. The monoisotopic (exact) mass is 264 g/mol. The first kappa shape index (κ1) is 14.1. The van der Waals surface area contributed by atoms with Crippen LogP contribution < -0.4 is 10.6 Å². The van der Waals surface area contributed by atoms with Crippen LogP contribution in [0.1, 0.15) is 44.2 Å². The zero-order chi connectivity index (χ0) is 13.7. The van der Waals surface area contributed by atoms with E-state index >= 15 is 0 Å². The SMILES string of the molecule is CNc1nc(C)cc(NCC2(O)CCCCCC2)n1. The third kappa shape index (κ3) is 4.06. The van der Waals surface area contributed by atoms with Gasteiger partial charge in [-0.05, 0) is 19.8 Å². The highest BCUT2D eigenvalue weighted by Crippen LogP contribution is 2.27. The van der Waals surface area contributed by atoms with E-state index in [0.717, 1.165) is 37.2 Å². The molecule has 1 aliphatic carbocycles. The molecule has 19 heavy (non-hydrogen) atoms. The van der Waals surface area contributed by atoms with Crippen molar-refractivity contribution in [2.24, 2.45) is 0 Å². The van der Waals surface area contributed by atoms with Crippen molar-refractivity contribution in [3.63, 3.8) is 0 Å². The fraction of sp³-hybridized carbons (Fsp3) is 0.714. The van der Waals surface area contributed by atoms with Crippen LogP contribution in [0.2, 0.25) is 0 Å². The van der Waals surface area contributed by atoms with Gasteiger partial charge in [-0.25, -0.2) is 4.98 Å². The first-order valence-corrected chi connectivity index (χ1v) is 7.11. The van der Waals surface area contributed by atoms with E-state index < -0.39 is 5.60 Å². The molecule has 0 bridgehead atoms. The second kappa shape index (κ2) is 6.19. The van der Waals surface area contributed by atoms with Gasteiger partial charge in [0.2, 0.25) is 5.95 Å². The lowest BCUT2D eigenvalue weighted by Gasteiger charge is -2.27. The molecule has 2 rings (SSSR count). The number of nitrogens with zero attached hydrogens (tertiary/aromatic N) is 2. The molecule has 1 aromatic heterocycles. The Morgan fingerprint density at radius 1 is 1.21 bits per heavy atom. The molecule has 0 spiro atoms. The molecule has 5 nitrogen and oxygen atoms in total. The van der Waals surface area contributed by atoms with Crippen LogP contribution in [-0.2, 0) is 0 Å². The van der Waals surface area contributed by atoms with Gasteiger partial charge in [-0.3, -0.25) is 0 Å². The lowest BCUT2D eigenvalue weighted by Crippen LogP contribution is -2.36. The standard InChI is InChI=1S/C14H24N4O/c1-11-9-12(18-13(15-2)17-11)16-10-14(19)7-5-3-4-6-8-14/h9,19H,3-8,10H2,1-2H3,(H2,15,16,17,18). The molecule has 0 unspecified atom stereocenters. The fourth-order valence-electron chi connectivity index (χ4n) is 2.59. The van der Waals surface area contributed by atoms with E-state index in [1.54, 1.807) is 7.05 Å². The van der Waals surface area contributed by atoms with E-state index in [9.17, 15) is 5.11 Å². The lowest BCUT2D eigenvalue weighted by atomic mass is 9.94. The average Bonchev–Trinajstić information content (AvgIpc) is 2.61. The molecule has 0 amide bonds. The van der Waals surface area contributed by atoms with E-state index in [1.165, 1.54) is 12.8 Å². The van der Waals surface area contributed by atoms with Gasteiger partial charge >= 0.3 is 0 Å². The number of hydrogen-bond donors (Lipinski definition) is 3. The number of aliphatic hydroxyl groups is 1. The van der Waals surface area contributed by atoms with Gasteiger partial charge in [0.15, 0.2) is 0 Å². The smallest absolute Gasteiger partial charge is 0.224 e. The Bertz CT molecular complexity index is 414. The number of aromatic nitrogens is 2. The summed E-state index contributed by atoms with van der Waals surface area (Å²) in [5.74, 6) is 1.38. The highest BCUT2D eigenvalue weighted by Gasteiger charge is 2.27. The summed E-state index contributed by atoms with van der Waals surface area (Å²) in [6.07, 6.45) is 6.45. The van der Waals surface area contributed by atoms with Crippen molar-refractivity contribution in [1.29, 1.82) is 0 Å². The maximum absolute atomic E-state index is 10.6. The quantitative estimate of drug-likeness (QED) is 0.728. The predicted molar refractivity (Wildman–Crippen MR) is 77.5 cm³/mol. The summed E-state index contributed by atoms with van der Waals surface area (Å²) < 4.78 is 0. The van der Waals surface area contributed by atoms with Crippen molar-refractivity contribution < 1.29 is 5.11 Å². The van der Waals surface area contributed by atoms with Crippen molar-refractivity contribution in [2.45, 2.75) is 51.0 Å². The molecule has 1 fully saturated rings. The summed E-state index contributed by atoms with van der Waals surface area (Å²) in [5.41, 5.74) is 0.324. The highest BCUT2D eigenvalue weighted by molar-refractivity contribution is 5.42. The van der Waals surface area contributed by atoms with Crippen LogP contribution in [0.25, 0.3) is 0 Å². The molecule has 0 aromatic carbocycles. The summed E-state index contributed by atoms with van der Waals surface area (Å²) in [5, 5.41) is 16.8. The van der Waals surface area contributed by atoms with Gasteiger partial charge in [-0.15, -0.1) is 0 Å². The van der Waals surface area contributed by atoms with Gasteiger partial charge < -0.3 is 15.7 Å². The molecule has 1 heterocycles. The molecule has 106 valence electrons. The Kier molecular flexibility index (Phi) is 4.58. The van der Waals surface area contributed by atoms with Gasteiger partial charge in [-0.2, -0.15) is 4.98 Å². The van der Waals surface area contributed by atoms with Gasteiger partial charge in [0.05, 0.1) is 5.60 Å². The van der Waals surface area contributed by atoms with Gasteiger partial charge in [-0.1, -0.05) is 25.7 Å². The zero-order valence-corrected chi connectivity index (χ0v) is 11.9. The number of nitrogens with one attached hydrogen (secondary N) is 2. The van der Waals surface area contributed by atoms with Gasteiger partial charge in [0.1, 0.15) is 5.82 Å². The van der Waals surface area contributed by atoms with Crippen LogP contribution in [0, 0.1) is 6.92 Å². The van der Waals surface area contributed by atoms with Crippen molar-refractivity contribution in [1.82, 2.24) is 9.97 Å². The summed E-state index contributed by atoms with van der Waals surface area (Å²) in [4.78, 5) is 8.60. The minimum absolute atomic E-state index is 0.562. The van der Waals surface area contributed by atoms with Gasteiger partial charge in [0, 0.05) is 25.4 Å². The van der Waals surface area contributed by atoms with Crippen molar-refractivity contribution in [3.05, 3.63) is 11.8 Å². The minimum Gasteiger partial charge on any atom is -0.388 e. The van der Waals surface area contributed by atoms with Crippen LogP contribution in [0.15, 0.2) is 6.07 Å². The summed E-state index contributed by atoms with van der Waals surface area (Å²) in [6, 6.07) is 1.90. The Labute approximate surface area is 114 Å². The fourth-order valence-corrected chi connectivity index (χ4v) is 2.59. The third-order valence-electron chi connectivity index (χ3n) is 3.71. The summed E-state index contributed by atoms with van der Waals surface area (Å²) in [6.45, 7) is 2.50. The topological polar surface area (TPSA) is 70.1 Å². The zero-order valence-electron chi connectivity index (χ0n) is 11.9. The van der Waals surface area contributed by atoms with Gasteiger partial charge in [0.25, 0.3) is 0 Å². The van der Waals surface area contributed by atoms with Crippen LogP contribution in [0.3, 0.4) is 0 Å². The second-order valence-corrected chi connectivity index (χ2v) is 5.46. The Morgan fingerprint density at radius 3 is 2.53 bits per heavy atom. The van der Waals surface area contributed by atoms with Crippen molar-refractivity contribution in [3.8, 4) is 0 Å². The molecule has 0 saturated heterocycles. The third-order valence-corrected chi connectivity index (χ3v) is 3.71. The van der Waals surface area contributed by atoms with Crippen LogP contribution in [0.4, 0.5) is 11.8 Å². The predicted octanol–water partition coefficient (Wildman–Crippen LogP) is 2.32.